The summed E-state index contributed by atoms with van der Waals surface area (Å²) in [4.78, 5) is 44.0. The van der Waals surface area contributed by atoms with Crippen LogP contribution in [0.5, 0.6) is 11.6 Å². The zero-order valence-electron chi connectivity index (χ0n) is 41.7. The molecule has 6 fully saturated rings. The number of likely N-dealkylation sites (tertiary alicyclic amines) is 2. The van der Waals surface area contributed by atoms with E-state index >= 15 is 0 Å². The third-order valence-electron chi connectivity index (χ3n) is 17.5. The first kappa shape index (κ1) is 47.5. The number of hydrogen-bond acceptors (Lipinski definition) is 15. The van der Waals surface area contributed by atoms with Crippen molar-refractivity contribution in [3.05, 3.63) is 106 Å². The number of nitrogens with one attached hydrogen (secondary N) is 3. The molecule has 5 saturated heterocycles. The van der Waals surface area contributed by atoms with E-state index in [1.807, 2.05) is 35.4 Å². The molecule has 3 N–H and O–H groups in total. The van der Waals surface area contributed by atoms with Crippen LogP contribution in [0, 0.1) is 21.4 Å². The fourth-order valence-electron chi connectivity index (χ4n) is 13.6. The maximum absolute atomic E-state index is 14.8. The van der Waals surface area contributed by atoms with Gasteiger partial charge in [-0.1, -0.05) is 36.4 Å². The van der Waals surface area contributed by atoms with Gasteiger partial charge in [-0.25, -0.2) is 13.1 Å². The average molecular weight is 1030 g/mol. The van der Waals surface area contributed by atoms with Crippen LogP contribution in [0.2, 0.25) is 0 Å². The predicted molar refractivity (Wildman–Crippen MR) is 280 cm³/mol. The van der Waals surface area contributed by atoms with Crippen LogP contribution in [0.25, 0.3) is 16.6 Å². The number of aromatic nitrogens is 2. The Morgan fingerprint density at radius 2 is 1.82 bits per heavy atom. The van der Waals surface area contributed by atoms with Gasteiger partial charge in [-0.3, -0.25) is 24.7 Å². The molecule has 5 aromatic rings. The van der Waals surface area contributed by atoms with Crippen LogP contribution in [-0.4, -0.2) is 135 Å². The molecule has 388 valence electrons. The minimum absolute atomic E-state index is 0.0268. The number of sulfonamides is 1. The number of allylic oxidation sites excluding steroid dienone is 1. The Morgan fingerprint density at radius 1 is 0.973 bits per heavy atom. The van der Waals surface area contributed by atoms with Gasteiger partial charge in [0.15, 0.2) is 11.4 Å². The molecule has 1 aliphatic carbocycles. The minimum Gasteiger partial charge on any atom is -0.489 e. The molecule has 2 aromatic heterocycles. The number of ether oxygens (including phenoxy) is 4. The Hall–Kier alpha value is -6.25. The first-order chi connectivity index (χ1) is 35.8. The molecule has 2 bridgehead atoms. The van der Waals surface area contributed by atoms with Crippen LogP contribution in [0.1, 0.15) is 85.8 Å². The summed E-state index contributed by atoms with van der Waals surface area (Å²) in [5.41, 5.74) is 6.49. The minimum atomic E-state index is -4.70. The van der Waals surface area contributed by atoms with Crippen molar-refractivity contribution in [1.29, 1.82) is 0 Å². The molecule has 9 heterocycles. The quantitative estimate of drug-likeness (QED) is 0.0856. The van der Waals surface area contributed by atoms with Gasteiger partial charge < -0.3 is 39.0 Å². The number of H-pyrrole nitrogens is 1. The summed E-state index contributed by atoms with van der Waals surface area (Å²) in [6.45, 7) is 12.8. The highest BCUT2D eigenvalue weighted by Gasteiger charge is 2.50. The van der Waals surface area contributed by atoms with Crippen LogP contribution >= 0.6 is 0 Å². The highest BCUT2D eigenvalue weighted by Crippen LogP contribution is 2.55. The van der Waals surface area contributed by atoms with Crippen LogP contribution in [-0.2, 0) is 19.5 Å². The van der Waals surface area contributed by atoms with Crippen molar-refractivity contribution < 1.29 is 37.1 Å². The second-order valence-electron chi connectivity index (χ2n) is 22.1. The van der Waals surface area contributed by atoms with Gasteiger partial charge in [0.1, 0.15) is 24.0 Å². The molecule has 7 aliphatic heterocycles. The summed E-state index contributed by atoms with van der Waals surface area (Å²) < 4.78 is 55.6. The van der Waals surface area contributed by atoms with E-state index in [2.05, 4.69) is 67.5 Å². The Labute approximate surface area is 430 Å². The van der Waals surface area contributed by atoms with Gasteiger partial charge in [-0.05, 0) is 105 Å². The first-order valence-corrected chi connectivity index (χ1v) is 27.9. The Kier molecular flexibility index (Phi) is 11.9. The fraction of sp³-hybridized carbons (Fsp3) is 0.491. The molecule has 0 radical (unpaired) electrons. The predicted octanol–water partition coefficient (Wildman–Crippen LogP) is 7.79. The van der Waals surface area contributed by atoms with Crippen LogP contribution < -0.4 is 29.3 Å². The number of morpholine rings is 1. The number of amides is 1. The standard InChI is InChI=1S/C55H63N9O9S/c1-33(2)42-6-3-4-7-43(42)45-8-5-16-62(45)39-25-55(26-39)13-17-60(18-14-55)37-9-10-44(46(22-37)63-27-35-30-70-19-12-49(35)73-54-48(63)20-34-11-15-56-52(34)58-54)53(65)59-74(68,69)41-23-47(64(66)67)51-50(24-41)72-31-36(57-51)28-61-29-40-21-38(61)32-71-40/h3-4,6-7,9-11,15,20,22-24,35-36,38-40,45,49,57H,1,5,8,12-14,16-19,21,25-32H2,2H3,(H,56,58)(H,59,65)/t35-,36+,38-,40-,45+,49-/m1/s1. The topological polar surface area (TPSA) is 197 Å². The highest BCUT2D eigenvalue weighted by atomic mass is 32.2. The molecule has 74 heavy (non-hydrogen) atoms. The molecule has 1 amide bonds. The number of fused-ring (bicyclic) bond motifs is 6. The maximum Gasteiger partial charge on any atom is 0.297 e. The highest BCUT2D eigenvalue weighted by molar-refractivity contribution is 7.90. The number of pyridine rings is 1. The number of aromatic amines is 1. The van der Waals surface area contributed by atoms with E-state index in [1.54, 1.807) is 6.07 Å². The van der Waals surface area contributed by atoms with E-state index in [-0.39, 0.29) is 53.2 Å². The lowest BCUT2D eigenvalue weighted by molar-refractivity contribution is -0.384. The van der Waals surface area contributed by atoms with Crippen molar-refractivity contribution in [2.45, 2.75) is 99.6 Å². The second kappa shape index (κ2) is 18.5. The van der Waals surface area contributed by atoms with Gasteiger partial charge in [0, 0.05) is 92.6 Å². The molecule has 6 atom stereocenters. The van der Waals surface area contributed by atoms with Gasteiger partial charge in [0.2, 0.25) is 5.88 Å². The molecule has 3 aromatic carbocycles. The number of hydrogen-bond donors (Lipinski definition) is 3. The molecule has 18 nitrogen and oxygen atoms in total. The van der Waals surface area contributed by atoms with Crippen LogP contribution in [0.4, 0.5) is 28.4 Å². The largest absolute Gasteiger partial charge is 0.489 e. The lowest BCUT2D eigenvalue weighted by Crippen LogP contribution is -2.55. The zero-order valence-corrected chi connectivity index (χ0v) is 42.5. The normalized spacial score (nSPS) is 26.6. The number of nitrogens with zero attached hydrogens (tertiary/aromatic N) is 6. The third kappa shape index (κ3) is 8.53. The number of nitro benzene ring substituents is 1. The van der Waals surface area contributed by atoms with E-state index < -0.39 is 31.4 Å². The third-order valence-corrected chi connectivity index (χ3v) is 18.8. The van der Waals surface area contributed by atoms with Gasteiger partial charge in [-0.2, -0.15) is 4.98 Å². The molecular weight excluding hydrogens is 963 g/mol. The number of nitro groups is 1. The van der Waals surface area contributed by atoms with E-state index in [4.69, 9.17) is 23.9 Å². The maximum atomic E-state index is 14.8. The Morgan fingerprint density at radius 3 is 2.62 bits per heavy atom. The van der Waals surface area contributed by atoms with Crippen molar-refractivity contribution in [3.8, 4) is 11.6 Å². The van der Waals surface area contributed by atoms with Crippen molar-refractivity contribution in [1.82, 2.24) is 24.5 Å². The molecule has 8 aliphatic rings. The summed E-state index contributed by atoms with van der Waals surface area (Å²) in [7, 11) is -4.70. The molecule has 19 heteroatoms. The van der Waals surface area contributed by atoms with E-state index in [0.29, 0.717) is 80.4 Å². The van der Waals surface area contributed by atoms with Crippen molar-refractivity contribution in [2.24, 2.45) is 11.3 Å². The number of anilines is 4. The smallest absolute Gasteiger partial charge is 0.297 e. The lowest BCUT2D eigenvalue weighted by atomic mass is 9.59. The summed E-state index contributed by atoms with van der Waals surface area (Å²) >= 11 is 0. The summed E-state index contributed by atoms with van der Waals surface area (Å²) in [6.07, 6.45) is 10.2. The first-order valence-electron chi connectivity index (χ1n) is 26.4. The molecule has 0 unspecified atom stereocenters. The van der Waals surface area contributed by atoms with Gasteiger partial charge in [-0.15, -0.1) is 0 Å². The lowest BCUT2D eigenvalue weighted by Gasteiger charge is -2.56. The van der Waals surface area contributed by atoms with E-state index in [1.165, 1.54) is 42.9 Å². The number of rotatable bonds is 11. The number of piperidine rings is 1. The average Bonchev–Trinajstić information content (AvgIpc) is 4.23. The van der Waals surface area contributed by atoms with Gasteiger partial charge in [0.05, 0.1) is 53.0 Å². The molecular formula is C55H63N9O9S. The van der Waals surface area contributed by atoms with E-state index in [0.717, 1.165) is 68.2 Å². The molecule has 1 saturated carbocycles. The van der Waals surface area contributed by atoms with Crippen LogP contribution in [0.15, 0.2) is 84.4 Å². The van der Waals surface area contributed by atoms with E-state index in [9.17, 15) is 23.3 Å². The summed E-state index contributed by atoms with van der Waals surface area (Å²) in [5, 5.41) is 16.7. The summed E-state index contributed by atoms with van der Waals surface area (Å²) in [5.74, 6) is -0.563. The number of carbonyl (C=O) groups is 1. The number of carbonyl (C=O) groups excluding carboxylic acids is 1. The van der Waals surface area contributed by atoms with Crippen LogP contribution in [0.3, 0.4) is 0 Å². The van der Waals surface area contributed by atoms with Crippen molar-refractivity contribution >= 4 is 61.0 Å². The Bertz CT molecular complexity index is 3170. The number of benzene rings is 3. The van der Waals surface area contributed by atoms with Crippen molar-refractivity contribution in [2.75, 3.05) is 80.8 Å². The monoisotopic (exact) mass is 1030 g/mol. The second-order valence-corrected chi connectivity index (χ2v) is 23.8. The van der Waals surface area contributed by atoms with Gasteiger partial charge >= 0.3 is 0 Å². The molecule has 13 rings (SSSR count). The van der Waals surface area contributed by atoms with Crippen molar-refractivity contribution in [3.63, 3.8) is 0 Å². The fourth-order valence-corrected chi connectivity index (χ4v) is 14.6. The zero-order chi connectivity index (χ0) is 50.5. The summed E-state index contributed by atoms with van der Waals surface area (Å²) in [6, 6.07) is 21.5. The van der Waals surface area contributed by atoms with Gasteiger partial charge in [0.25, 0.3) is 21.6 Å². The molecule has 1 spiro atoms. The Balaban J connectivity index is 0.786. The SMILES string of the molecule is C=C(C)c1ccccc1[C@@H]1CCCN1C1CC2(CCN(c3ccc(C(=O)NS(=O)(=O)c4cc5c(c([N+](=O)[O-])c4)N[C@@H](CN4C[C@H]6C[C@@H]4CO6)CO5)c(N4C[C@@H]5COCC[C@H]5Oc5nc6[nH]ccc6cc54)c3)CC2)C1.